The minimum atomic E-state index is -0.900. The molecule has 0 aromatic heterocycles. The first kappa shape index (κ1) is 23.7. The maximum absolute atomic E-state index is 12.2. The fourth-order valence-electron chi connectivity index (χ4n) is 3.82. The number of rotatable bonds is 7. The molecule has 0 unspecified atom stereocenters. The summed E-state index contributed by atoms with van der Waals surface area (Å²) in [5.74, 6) is -1.38. The molecule has 0 spiro atoms. The lowest BCUT2D eigenvalue weighted by Gasteiger charge is -2.32. The van der Waals surface area contributed by atoms with Crippen molar-refractivity contribution >= 4 is 35.0 Å². The summed E-state index contributed by atoms with van der Waals surface area (Å²) in [6, 6.07) is 12.9. The number of likely N-dealkylation sites (tertiary alicyclic amines) is 1. The average Bonchev–Trinajstić information content (AvgIpc) is 2.79. The molecule has 1 heterocycles. The van der Waals surface area contributed by atoms with Crippen LogP contribution in [0.4, 0.5) is 11.4 Å². The van der Waals surface area contributed by atoms with Gasteiger partial charge in [-0.15, -0.1) is 11.8 Å². The quantitative estimate of drug-likeness (QED) is 0.286. The molecular formula is C23H28N4O4S. The number of anilines is 1. The zero-order chi connectivity index (χ0) is 23.1. The number of hydrogen-bond donors (Lipinski definition) is 2. The average molecular weight is 457 g/mol. The van der Waals surface area contributed by atoms with Crippen LogP contribution in [0.5, 0.6) is 0 Å². The molecular weight excluding hydrogens is 428 g/mol. The number of thioether (sulfide) groups is 1. The monoisotopic (exact) mass is 456 g/mol. The topological polar surface area (TPSA) is 105 Å². The molecule has 2 N–H and O–H groups in total. The Labute approximate surface area is 191 Å². The van der Waals surface area contributed by atoms with Crippen LogP contribution in [0.25, 0.3) is 0 Å². The van der Waals surface area contributed by atoms with Crippen molar-refractivity contribution in [3.8, 4) is 0 Å². The molecule has 8 nitrogen and oxygen atoms in total. The second kappa shape index (κ2) is 11.1. The zero-order valence-corrected chi connectivity index (χ0v) is 19.1. The maximum atomic E-state index is 12.2. The molecule has 1 fully saturated rings. The van der Waals surface area contributed by atoms with E-state index in [1.807, 2.05) is 0 Å². The van der Waals surface area contributed by atoms with Gasteiger partial charge in [-0.25, -0.2) is 0 Å². The molecule has 0 atom stereocenters. The predicted molar refractivity (Wildman–Crippen MR) is 126 cm³/mol. The van der Waals surface area contributed by atoms with Crippen LogP contribution in [0.1, 0.15) is 24.0 Å². The number of hydrogen-bond acceptors (Lipinski definition) is 6. The van der Waals surface area contributed by atoms with Crippen molar-refractivity contribution < 1.29 is 14.5 Å². The molecule has 2 aromatic rings. The molecule has 3 rings (SSSR count). The number of nitrogens with zero attached hydrogens (tertiary/aromatic N) is 2. The number of aryl methyl sites for hydroxylation is 1. The van der Waals surface area contributed by atoms with Crippen LogP contribution in [-0.4, -0.2) is 47.5 Å². The molecule has 1 aliphatic heterocycles. The molecule has 2 amide bonds. The standard InChI is InChI=1S/C23H28N4O4S/c1-16-7-8-19(20(13-16)27(30)31)25-23(29)22(28)24-14-17-9-11-26(12-10-17)15-18-5-3-4-6-21(18)32-2/h3-8,13,17H,9-12,14-15H2,1-2H3,(H,24,28)(H,25,29). The number of benzene rings is 2. The zero-order valence-electron chi connectivity index (χ0n) is 18.3. The third-order valence-electron chi connectivity index (χ3n) is 5.65. The van der Waals surface area contributed by atoms with Gasteiger partial charge in [-0.3, -0.25) is 24.6 Å². The van der Waals surface area contributed by atoms with Crippen molar-refractivity contribution in [1.29, 1.82) is 0 Å². The van der Waals surface area contributed by atoms with Crippen LogP contribution < -0.4 is 10.6 Å². The Morgan fingerprint density at radius 2 is 1.88 bits per heavy atom. The third-order valence-corrected chi connectivity index (χ3v) is 6.49. The van der Waals surface area contributed by atoms with E-state index >= 15 is 0 Å². The van der Waals surface area contributed by atoms with Crippen LogP contribution >= 0.6 is 11.8 Å². The molecule has 1 aliphatic rings. The van der Waals surface area contributed by atoms with E-state index in [-0.39, 0.29) is 11.4 Å². The highest BCUT2D eigenvalue weighted by Gasteiger charge is 2.23. The number of carbonyl (C=O) groups excluding carboxylic acids is 2. The highest BCUT2D eigenvalue weighted by molar-refractivity contribution is 7.98. The van der Waals surface area contributed by atoms with Crippen LogP contribution in [-0.2, 0) is 16.1 Å². The van der Waals surface area contributed by atoms with E-state index in [0.29, 0.717) is 18.0 Å². The van der Waals surface area contributed by atoms with E-state index in [0.717, 1.165) is 32.5 Å². The summed E-state index contributed by atoms with van der Waals surface area (Å²) < 4.78 is 0. The first-order valence-electron chi connectivity index (χ1n) is 10.6. The minimum absolute atomic E-state index is 0.0135. The Morgan fingerprint density at radius 3 is 2.56 bits per heavy atom. The number of piperidine rings is 1. The van der Waals surface area contributed by atoms with Gasteiger partial charge in [0.2, 0.25) is 0 Å². The van der Waals surface area contributed by atoms with Crippen LogP contribution in [0.3, 0.4) is 0 Å². The normalized spacial score (nSPS) is 14.7. The highest BCUT2D eigenvalue weighted by Crippen LogP contribution is 2.26. The second-order valence-corrected chi connectivity index (χ2v) is 8.82. The van der Waals surface area contributed by atoms with E-state index in [1.165, 1.54) is 22.6 Å². The largest absolute Gasteiger partial charge is 0.348 e. The summed E-state index contributed by atoms with van der Waals surface area (Å²) in [7, 11) is 0. The summed E-state index contributed by atoms with van der Waals surface area (Å²) in [6.45, 7) is 4.92. The summed E-state index contributed by atoms with van der Waals surface area (Å²) in [5.41, 5.74) is 1.80. The Morgan fingerprint density at radius 1 is 1.16 bits per heavy atom. The van der Waals surface area contributed by atoms with Crippen LogP contribution in [0.2, 0.25) is 0 Å². The van der Waals surface area contributed by atoms with Gasteiger partial charge in [0, 0.05) is 24.1 Å². The van der Waals surface area contributed by atoms with Crippen molar-refractivity contribution in [1.82, 2.24) is 10.2 Å². The number of nitrogens with one attached hydrogen (secondary N) is 2. The lowest BCUT2D eigenvalue weighted by molar-refractivity contribution is -0.384. The maximum Gasteiger partial charge on any atom is 0.313 e. The Kier molecular flexibility index (Phi) is 8.24. The molecule has 170 valence electrons. The van der Waals surface area contributed by atoms with Crippen LogP contribution in [0.15, 0.2) is 47.4 Å². The van der Waals surface area contributed by atoms with Gasteiger partial charge >= 0.3 is 11.8 Å². The molecule has 1 saturated heterocycles. The Bertz CT molecular complexity index is 990. The van der Waals surface area contributed by atoms with E-state index < -0.39 is 16.7 Å². The summed E-state index contributed by atoms with van der Waals surface area (Å²) >= 11 is 1.75. The number of nitro benzene ring substituents is 1. The van der Waals surface area contributed by atoms with E-state index in [4.69, 9.17) is 0 Å². The van der Waals surface area contributed by atoms with Gasteiger partial charge in [-0.2, -0.15) is 0 Å². The van der Waals surface area contributed by atoms with E-state index in [1.54, 1.807) is 24.8 Å². The molecule has 32 heavy (non-hydrogen) atoms. The summed E-state index contributed by atoms with van der Waals surface area (Å²) in [6.07, 6.45) is 3.96. The third kappa shape index (κ3) is 6.30. The van der Waals surface area contributed by atoms with E-state index in [2.05, 4.69) is 46.1 Å². The Hall–Kier alpha value is -2.91. The van der Waals surface area contributed by atoms with Gasteiger partial charge in [0.05, 0.1) is 4.92 Å². The minimum Gasteiger partial charge on any atom is -0.348 e. The first-order valence-corrected chi connectivity index (χ1v) is 11.8. The lowest BCUT2D eigenvalue weighted by atomic mass is 9.96. The van der Waals surface area contributed by atoms with Crippen molar-refractivity contribution in [2.45, 2.75) is 31.2 Å². The van der Waals surface area contributed by atoms with Gasteiger partial charge < -0.3 is 10.6 Å². The van der Waals surface area contributed by atoms with Gasteiger partial charge in [0.25, 0.3) is 5.69 Å². The van der Waals surface area contributed by atoms with Crippen molar-refractivity contribution in [2.75, 3.05) is 31.2 Å². The van der Waals surface area contributed by atoms with Crippen molar-refractivity contribution in [2.24, 2.45) is 5.92 Å². The predicted octanol–water partition coefficient (Wildman–Crippen LogP) is 3.59. The molecule has 9 heteroatoms. The van der Waals surface area contributed by atoms with Gasteiger partial charge in [0.15, 0.2) is 0 Å². The van der Waals surface area contributed by atoms with Gasteiger partial charge in [0.1, 0.15) is 5.69 Å². The number of nitro groups is 1. The summed E-state index contributed by atoms with van der Waals surface area (Å²) in [5, 5.41) is 16.2. The lowest BCUT2D eigenvalue weighted by Crippen LogP contribution is -2.41. The fraction of sp³-hybridized carbons (Fsp3) is 0.391. The molecule has 0 radical (unpaired) electrons. The van der Waals surface area contributed by atoms with Crippen LogP contribution in [0, 0.1) is 23.0 Å². The molecule has 0 saturated carbocycles. The fourth-order valence-corrected chi connectivity index (χ4v) is 4.43. The first-order chi connectivity index (χ1) is 15.4. The number of amides is 2. The molecule has 2 aromatic carbocycles. The summed E-state index contributed by atoms with van der Waals surface area (Å²) in [4.78, 5) is 38.7. The molecule has 0 bridgehead atoms. The number of carbonyl (C=O) groups is 2. The van der Waals surface area contributed by atoms with E-state index in [9.17, 15) is 19.7 Å². The smallest absolute Gasteiger partial charge is 0.313 e. The van der Waals surface area contributed by atoms with Crippen molar-refractivity contribution in [3.63, 3.8) is 0 Å². The highest BCUT2D eigenvalue weighted by atomic mass is 32.2. The van der Waals surface area contributed by atoms with Gasteiger partial charge in [-0.05, 0) is 68.3 Å². The van der Waals surface area contributed by atoms with Gasteiger partial charge in [-0.1, -0.05) is 24.3 Å². The second-order valence-electron chi connectivity index (χ2n) is 7.97. The molecule has 0 aliphatic carbocycles. The van der Waals surface area contributed by atoms with Crippen molar-refractivity contribution in [3.05, 3.63) is 63.7 Å². The Balaban J connectivity index is 1.45. The SMILES string of the molecule is CSc1ccccc1CN1CCC(CNC(=O)C(=O)Nc2ccc(C)cc2[N+](=O)[O-])CC1.